The fourth-order valence-corrected chi connectivity index (χ4v) is 4.48. The van der Waals surface area contributed by atoms with Crippen molar-refractivity contribution in [3.05, 3.63) is 29.1 Å². The number of hydrogen-bond donors (Lipinski definition) is 1. The van der Waals surface area contributed by atoms with E-state index < -0.39 is 11.6 Å². The zero-order valence-electron chi connectivity index (χ0n) is 17.4. The summed E-state index contributed by atoms with van der Waals surface area (Å²) in [4.78, 5) is 9.08. The highest BCUT2D eigenvalue weighted by molar-refractivity contribution is 7.14. The third-order valence-electron chi connectivity index (χ3n) is 5.34. The van der Waals surface area contributed by atoms with Gasteiger partial charge in [0, 0.05) is 56.8 Å². The van der Waals surface area contributed by atoms with Gasteiger partial charge in [-0.05, 0) is 12.1 Å². The topological polar surface area (TPSA) is 59.1 Å². The number of ether oxygens (including phenoxy) is 3. The number of hydrogen-bond acceptors (Lipinski definition) is 8. The number of rotatable bonds is 9. The van der Waals surface area contributed by atoms with Crippen LogP contribution in [-0.2, 0) is 9.47 Å². The predicted octanol–water partition coefficient (Wildman–Crippen LogP) is 2.23. The van der Waals surface area contributed by atoms with Crippen molar-refractivity contribution >= 4 is 16.5 Å². The van der Waals surface area contributed by atoms with Gasteiger partial charge < -0.3 is 24.4 Å². The van der Waals surface area contributed by atoms with Crippen LogP contribution in [0.2, 0.25) is 0 Å². The molecule has 1 aromatic carbocycles. The average Bonchev–Trinajstić information content (AvgIpc) is 3.30. The average molecular weight is 455 g/mol. The molecule has 0 aliphatic carbocycles. The minimum atomic E-state index is -1.00. The maximum absolute atomic E-state index is 14.5. The number of halogens is 2. The lowest BCUT2D eigenvalue weighted by molar-refractivity contribution is 0.0758. The van der Waals surface area contributed by atoms with Gasteiger partial charge >= 0.3 is 0 Å². The van der Waals surface area contributed by atoms with Crippen molar-refractivity contribution in [1.29, 1.82) is 0 Å². The quantitative estimate of drug-likeness (QED) is 0.583. The van der Waals surface area contributed by atoms with Crippen molar-refractivity contribution < 1.29 is 23.0 Å². The molecule has 0 saturated carbocycles. The first-order chi connectivity index (χ1) is 15.2. The van der Waals surface area contributed by atoms with Gasteiger partial charge in [0.2, 0.25) is 5.82 Å². The molecular weight excluding hydrogens is 426 g/mol. The maximum atomic E-state index is 14.5. The van der Waals surface area contributed by atoms with E-state index >= 15 is 0 Å². The highest BCUT2D eigenvalue weighted by atomic mass is 32.1. The van der Waals surface area contributed by atoms with E-state index in [2.05, 4.69) is 20.1 Å². The summed E-state index contributed by atoms with van der Waals surface area (Å²) in [6.45, 7) is 8.72. The number of morpholine rings is 1. The second-order valence-corrected chi connectivity index (χ2v) is 8.24. The fourth-order valence-electron chi connectivity index (χ4n) is 3.60. The van der Waals surface area contributed by atoms with Gasteiger partial charge in [-0.3, -0.25) is 4.90 Å². The number of benzene rings is 1. The summed E-state index contributed by atoms with van der Waals surface area (Å²) in [5.41, 5.74) is 1.01. The van der Waals surface area contributed by atoms with Gasteiger partial charge in [0.05, 0.1) is 32.1 Å². The minimum Gasteiger partial charge on any atom is -0.487 e. The van der Waals surface area contributed by atoms with E-state index in [1.54, 1.807) is 0 Å². The SMILES string of the molecule is Fc1ccc(-c2csc(N3CCOCC3)n2)c(OCCOCCN2CCNCC2)c1F. The third kappa shape index (κ3) is 5.89. The second kappa shape index (κ2) is 11.1. The van der Waals surface area contributed by atoms with Crippen LogP contribution < -0.4 is 15.0 Å². The van der Waals surface area contributed by atoms with Crippen LogP contribution in [0.5, 0.6) is 5.75 Å². The van der Waals surface area contributed by atoms with Crippen LogP contribution >= 0.6 is 11.3 Å². The normalized spacial score (nSPS) is 17.8. The molecule has 0 spiro atoms. The summed E-state index contributed by atoms with van der Waals surface area (Å²) < 4.78 is 45.0. The number of thiazole rings is 1. The Kier molecular flexibility index (Phi) is 8.03. The van der Waals surface area contributed by atoms with E-state index in [0.29, 0.717) is 37.7 Å². The zero-order chi connectivity index (χ0) is 21.5. The largest absolute Gasteiger partial charge is 0.487 e. The fraction of sp³-hybridized carbons (Fsp3) is 0.571. The van der Waals surface area contributed by atoms with Crippen LogP contribution in [0.4, 0.5) is 13.9 Å². The Bertz CT molecular complexity index is 842. The van der Waals surface area contributed by atoms with Crippen molar-refractivity contribution in [3.8, 4) is 17.0 Å². The van der Waals surface area contributed by atoms with Crippen molar-refractivity contribution in [2.45, 2.75) is 0 Å². The Hall–Kier alpha value is -1.85. The van der Waals surface area contributed by atoms with Gasteiger partial charge in [0.1, 0.15) is 6.61 Å². The highest BCUT2D eigenvalue weighted by Crippen LogP contribution is 2.36. The van der Waals surface area contributed by atoms with Gasteiger partial charge in [-0.15, -0.1) is 11.3 Å². The molecular formula is C21H28F2N4O3S. The molecule has 10 heteroatoms. The van der Waals surface area contributed by atoms with E-state index in [-0.39, 0.29) is 12.4 Å². The van der Waals surface area contributed by atoms with E-state index in [0.717, 1.165) is 57.0 Å². The predicted molar refractivity (Wildman–Crippen MR) is 116 cm³/mol. The first kappa shape index (κ1) is 22.3. The van der Waals surface area contributed by atoms with E-state index in [9.17, 15) is 8.78 Å². The first-order valence-corrected chi connectivity index (χ1v) is 11.5. The number of piperazine rings is 1. The Morgan fingerprint density at radius 2 is 1.87 bits per heavy atom. The molecule has 1 N–H and O–H groups in total. The van der Waals surface area contributed by atoms with Gasteiger partial charge in [-0.25, -0.2) is 9.37 Å². The molecule has 2 saturated heterocycles. The van der Waals surface area contributed by atoms with Crippen molar-refractivity contribution in [1.82, 2.24) is 15.2 Å². The Balaban J connectivity index is 1.34. The number of nitrogens with one attached hydrogen (secondary N) is 1. The maximum Gasteiger partial charge on any atom is 0.201 e. The van der Waals surface area contributed by atoms with E-state index in [1.165, 1.54) is 17.4 Å². The van der Waals surface area contributed by atoms with Gasteiger partial charge in [-0.2, -0.15) is 4.39 Å². The molecule has 0 unspecified atom stereocenters. The molecule has 0 radical (unpaired) electrons. The first-order valence-electron chi connectivity index (χ1n) is 10.6. The van der Waals surface area contributed by atoms with Crippen molar-refractivity contribution in [3.63, 3.8) is 0 Å². The molecule has 2 fully saturated rings. The molecule has 2 aliphatic rings. The Morgan fingerprint density at radius 3 is 2.68 bits per heavy atom. The molecule has 1 aromatic heterocycles. The lowest BCUT2D eigenvalue weighted by Crippen LogP contribution is -2.44. The molecule has 4 rings (SSSR count). The van der Waals surface area contributed by atoms with E-state index in [4.69, 9.17) is 14.2 Å². The van der Waals surface area contributed by atoms with Gasteiger partial charge in [-0.1, -0.05) is 0 Å². The molecule has 0 amide bonds. The third-order valence-corrected chi connectivity index (χ3v) is 6.24. The molecule has 2 aromatic rings. The van der Waals surface area contributed by atoms with Crippen LogP contribution in [0.3, 0.4) is 0 Å². The standard InChI is InChI=1S/C21H28F2N4O3S/c22-17-2-1-16(18-15-31-21(25-18)27-8-11-28-12-9-27)20(19(17)23)30-14-13-29-10-7-26-5-3-24-4-6-26/h1-2,15,24H,3-14H2. The molecule has 0 bridgehead atoms. The molecule has 31 heavy (non-hydrogen) atoms. The monoisotopic (exact) mass is 454 g/mol. The lowest BCUT2D eigenvalue weighted by Gasteiger charge is -2.26. The molecule has 2 aliphatic heterocycles. The summed E-state index contributed by atoms with van der Waals surface area (Å²) in [5, 5.41) is 5.99. The molecule has 170 valence electrons. The second-order valence-electron chi connectivity index (χ2n) is 7.41. The summed E-state index contributed by atoms with van der Waals surface area (Å²) >= 11 is 1.47. The Morgan fingerprint density at radius 1 is 1.06 bits per heavy atom. The summed E-state index contributed by atoms with van der Waals surface area (Å²) in [7, 11) is 0. The summed E-state index contributed by atoms with van der Waals surface area (Å²) in [6, 6.07) is 2.62. The van der Waals surface area contributed by atoms with Crippen molar-refractivity contribution in [2.24, 2.45) is 0 Å². The van der Waals surface area contributed by atoms with Crippen LogP contribution in [0.25, 0.3) is 11.3 Å². The number of aromatic nitrogens is 1. The zero-order valence-corrected chi connectivity index (χ0v) is 18.3. The van der Waals surface area contributed by atoms with Gasteiger partial charge in [0.25, 0.3) is 0 Å². The molecule has 7 nitrogen and oxygen atoms in total. The van der Waals surface area contributed by atoms with E-state index in [1.807, 2.05) is 5.38 Å². The molecule has 0 atom stereocenters. The van der Waals surface area contributed by atoms with Crippen LogP contribution in [0, 0.1) is 11.6 Å². The van der Waals surface area contributed by atoms with Crippen molar-refractivity contribution in [2.75, 3.05) is 83.7 Å². The van der Waals surface area contributed by atoms with Crippen LogP contribution in [-0.4, -0.2) is 88.7 Å². The van der Waals surface area contributed by atoms with Gasteiger partial charge in [0.15, 0.2) is 16.7 Å². The lowest BCUT2D eigenvalue weighted by atomic mass is 10.1. The van der Waals surface area contributed by atoms with Crippen LogP contribution in [0.15, 0.2) is 17.5 Å². The Labute approximate surface area is 184 Å². The number of nitrogens with zero attached hydrogens (tertiary/aromatic N) is 3. The van der Waals surface area contributed by atoms with Crippen LogP contribution in [0.1, 0.15) is 0 Å². The smallest absolute Gasteiger partial charge is 0.201 e. The molecule has 3 heterocycles. The summed E-state index contributed by atoms with van der Waals surface area (Å²) in [6.07, 6.45) is 0. The number of anilines is 1. The summed E-state index contributed by atoms with van der Waals surface area (Å²) in [5.74, 6) is -2.06. The minimum absolute atomic E-state index is 0.121. The highest BCUT2D eigenvalue weighted by Gasteiger charge is 2.21.